The standard InChI is InChI=1S/C17H19N3O3/c1-10(2)11-3-6-13(7-4-11)18-17-19-14-9-12(16(21)20-22)5-8-15(14)23-17/h3-10,17-19,22H,1-2H3,(H,20,21). The SMILES string of the molecule is CC(C)c1ccc(NC2Nc3cc(C(=O)NO)ccc3O2)cc1. The average Bonchev–Trinajstić information content (AvgIpc) is 2.95. The molecule has 0 radical (unpaired) electrons. The van der Waals surface area contributed by atoms with Crippen LogP contribution in [0.15, 0.2) is 42.5 Å². The zero-order chi connectivity index (χ0) is 16.4. The van der Waals surface area contributed by atoms with Crippen LogP contribution in [0.3, 0.4) is 0 Å². The zero-order valence-corrected chi connectivity index (χ0v) is 13.0. The molecule has 0 fully saturated rings. The van der Waals surface area contributed by atoms with Crippen molar-refractivity contribution in [2.45, 2.75) is 26.1 Å². The number of amides is 1. The van der Waals surface area contributed by atoms with Crippen LogP contribution in [0.1, 0.15) is 35.7 Å². The Hall–Kier alpha value is -2.73. The van der Waals surface area contributed by atoms with Gasteiger partial charge in [-0.1, -0.05) is 26.0 Å². The van der Waals surface area contributed by atoms with E-state index in [4.69, 9.17) is 9.94 Å². The van der Waals surface area contributed by atoms with Crippen molar-refractivity contribution in [1.29, 1.82) is 0 Å². The molecule has 0 aliphatic carbocycles. The summed E-state index contributed by atoms with van der Waals surface area (Å²) in [6, 6.07) is 13.1. The second kappa shape index (κ2) is 6.18. The van der Waals surface area contributed by atoms with Gasteiger partial charge in [-0.2, -0.15) is 0 Å². The summed E-state index contributed by atoms with van der Waals surface area (Å²) in [5, 5.41) is 15.1. The molecule has 0 aromatic heterocycles. The molecule has 0 saturated carbocycles. The monoisotopic (exact) mass is 313 g/mol. The third kappa shape index (κ3) is 3.22. The van der Waals surface area contributed by atoms with E-state index in [1.165, 1.54) is 5.56 Å². The summed E-state index contributed by atoms with van der Waals surface area (Å²) in [6.45, 7) is 4.31. The lowest BCUT2D eigenvalue weighted by molar-refractivity contribution is 0.0706. The van der Waals surface area contributed by atoms with Gasteiger partial charge in [0.1, 0.15) is 5.75 Å². The van der Waals surface area contributed by atoms with Gasteiger partial charge in [0.25, 0.3) is 5.91 Å². The van der Waals surface area contributed by atoms with Gasteiger partial charge in [0.2, 0.25) is 6.35 Å². The number of fused-ring (bicyclic) bond motifs is 1. The van der Waals surface area contributed by atoms with E-state index in [0.717, 1.165) is 5.69 Å². The van der Waals surface area contributed by atoms with E-state index in [2.05, 4.69) is 36.6 Å². The Morgan fingerprint density at radius 3 is 2.61 bits per heavy atom. The van der Waals surface area contributed by atoms with E-state index >= 15 is 0 Å². The summed E-state index contributed by atoms with van der Waals surface area (Å²) >= 11 is 0. The number of carbonyl (C=O) groups excluding carboxylic acids is 1. The fraction of sp³-hybridized carbons (Fsp3) is 0.235. The van der Waals surface area contributed by atoms with Gasteiger partial charge in [-0.25, -0.2) is 5.48 Å². The smallest absolute Gasteiger partial charge is 0.274 e. The number of ether oxygens (including phenoxy) is 1. The second-order valence-corrected chi connectivity index (χ2v) is 5.72. The van der Waals surface area contributed by atoms with Gasteiger partial charge in [-0.3, -0.25) is 10.0 Å². The maximum atomic E-state index is 11.4. The van der Waals surface area contributed by atoms with Gasteiger partial charge < -0.3 is 15.4 Å². The molecule has 6 heteroatoms. The summed E-state index contributed by atoms with van der Waals surface area (Å²) in [7, 11) is 0. The first-order valence-electron chi connectivity index (χ1n) is 7.45. The first kappa shape index (κ1) is 15.2. The Labute approximate surface area is 134 Å². The van der Waals surface area contributed by atoms with E-state index < -0.39 is 12.3 Å². The maximum absolute atomic E-state index is 11.4. The predicted octanol–water partition coefficient (Wildman–Crippen LogP) is 3.13. The van der Waals surface area contributed by atoms with E-state index in [1.54, 1.807) is 23.7 Å². The van der Waals surface area contributed by atoms with Gasteiger partial charge in [0, 0.05) is 11.3 Å². The summed E-state index contributed by atoms with van der Waals surface area (Å²) in [5.41, 5.74) is 4.88. The number of hydrogen-bond acceptors (Lipinski definition) is 5. The molecule has 23 heavy (non-hydrogen) atoms. The molecule has 120 valence electrons. The lowest BCUT2D eigenvalue weighted by atomic mass is 10.0. The van der Waals surface area contributed by atoms with Crippen molar-refractivity contribution in [3.05, 3.63) is 53.6 Å². The molecule has 1 heterocycles. The molecule has 2 aromatic rings. The quantitative estimate of drug-likeness (QED) is 0.515. The largest absolute Gasteiger partial charge is 0.450 e. The van der Waals surface area contributed by atoms with Crippen LogP contribution in [0.25, 0.3) is 0 Å². The minimum absolute atomic E-state index is 0.351. The van der Waals surface area contributed by atoms with Crippen LogP contribution in [0, 0.1) is 0 Å². The van der Waals surface area contributed by atoms with Crippen molar-refractivity contribution in [2.75, 3.05) is 10.6 Å². The highest BCUT2D eigenvalue weighted by Crippen LogP contribution is 2.33. The molecule has 1 amide bonds. The second-order valence-electron chi connectivity index (χ2n) is 5.72. The molecule has 1 aliphatic heterocycles. The van der Waals surface area contributed by atoms with Crippen LogP contribution in [0.2, 0.25) is 0 Å². The van der Waals surface area contributed by atoms with Crippen LogP contribution in [0.5, 0.6) is 5.75 Å². The van der Waals surface area contributed by atoms with Crippen molar-refractivity contribution in [1.82, 2.24) is 5.48 Å². The van der Waals surface area contributed by atoms with Crippen molar-refractivity contribution in [3.8, 4) is 5.75 Å². The third-order valence-electron chi connectivity index (χ3n) is 3.75. The summed E-state index contributed by atoms with van der Waals surface area (Å²) in [4.78, 5) is 11.4. The molecule has 4 N–H and O–H groups in total. The Kier molecular flexibility index (Phi) is 4.08. The van der Waals surface area contributed by atoms with Gasteiger partial charge in [-0.05, 0) is 41.8 Å². The van der Waals surface area contributed by atoms with Crippen LogP contribution >= 0.6 is 0 Å². The molecular formula is C17H19N3O3. The average molecular weight is 313 g/mol. The summed E-state index contributed by atoms with van der Waals surface area (Å²) in [6.07, 6.45) is -0.415. The Balaban J connectivity index is 1.68. The van der Waals surface area contributed by atoms with Gasteiger partial charge in [-0.15, -0.1) is 0 Å². The number of hydroxylamine groups is 1. The molecule has 1 aliphatic rings. The first-order chi connectivity index (χ1) is 11.1. The first-order valence-corrected chi connectivity index (χ1v) is 7.45. The molecule has 6 nitrogen and oxygen atoms in total. The maximum Gasteiger partial charge on any atom is 0.274 e. The molecule has 0 bridgehead atoms. The number of anilines is 2. The molecule has 0 spiro atoms. The molecule has 1 atom stereocenters. The Morgan fingerprint density at radius 2 is 1.96 bits per heavy atom. The zero-order valence-electron chi connectivity index (χ0n) is 13.0. The number of carbonyl (C=O) groups is 1. The summed E-state index contributed by atoms with van der Waals surface area (Å²) in [5.74, 6) is 0.580. The number of rotatable bonds is 4. The van der Waals surface area contributed by atoms with Crippen LogP contribution < -0.4 is 20.9 Å². The van der Waals surface area contributed by atoms with E-state index in [-0.39, 0.29) is 0 Å². The van der Waals surface area contributed by atoms with Crippen molar-refractivity contribution < 1.29 is 14.7 Å². The van der Waals surface area contributed by atoms with Crippen LogP contribution in [-0.4, -0.2) is 17.5 Å². The Morgan fingerprint density at radius 1 is 1.22 bits per heavy atom. The molecule has 2 aromatic carbocycles. The highest BCUT2D eigenvalue weighted by molar-refractivity contribution is 5.95. The fourth-order valence-electron chi connectivity index (χ4n) is 2.43. The van der Waals surface area contributed by atoms with Crippen molar-refractivity contribution >= 4 is 17.3 Å². The molecule has 1 unspecified atom stereocenters. The van der Waals surface area contributed by atoms with Gasteiger partial charge in [0.15, 0.2) is 0 Å². The van der Waals surface area contributed by atoms with Crippen molar-refractivity contribution in [3.63, 3.8) is 0 Å². The van der Waals surface area contributed by atoms with E-state index in [9.17, 15) is 4.79 Å². The lowest BCUT2D eigenvalue weighted by Crippen LogP contribution is -2.29. The highest BCUT2D eigenvalue weighted by atomic mass is 16.5. The molecule has 0 saturated heterocycles. The number of nitrogens with one attached hydrogen (secondary N) is 3. The lowest BCUT2D eigenvalue weighted by Gasteiger charge is -2.15. The van der Waals surface area contributed by atoms with Crippen molar-refractivity contribution in [2.24, 2.45) is 0 Å². The van der Waals surface area contributed by atoms with E-state index in [0.29, 0.717) is 22.9 Å². The van der Waals surface area contributed by atoms with Gasteiger partial charge in [0.05, 0.1) is 5.69 Å². The topological polar surface area (TPSA) is 82.6 Å². The summed E-state index contributed by atoms with van der Waals surface area (Å²) < 4.78 is 5.74. The normalized spacial score (nSPS) is 15.6. The minimum atomic E-state index is -0.560. The molecule has 3 rings (SSSR count). The predicted molar refractivity (Wildman–Crippen MR) is 87.9 cm³/mol. The highest BCUT2D eigenvalue weighted by Gasteiger charge is 2.22. The van der Waals surface area contributed by atoms with Crippen LogP contribution in [0.4, 0.5) is 11.4 Å². The fourth-order valence-corrected chi connectivity index (χ4v) is 2.43. The number of benzene rings is 2. The van der Waals surface area contributed by atoms with Crippen LogP contribution in [-0.2, 0) is 0 Å². The third-order valence-corrected chi connectivity index (χ3v) is 3.75. The molecular weight excluding hydrogens is 294 g/mol. The number of hydrogen-bond donors (Lipinski definition) is 4. The minimum Gasteiger partial charge on any atom is -0.450 e. The Bertz CT molecular complexity index is 714. The van der Waals surface area contributed by atoms with Gasteiger partial charge >= 0.3 is 0 Å². The van der Waals surface area contributed by atoms with E-state index in [1.807, 2.05) is 12.1 Å².